The summed E-state index contributed by atoms with van der Waals surface area (Å²) in [5.74, 6) is 2.06. The maximum Gasteiger partial charge on any atom is 0.0506 e. The van der Waals surface area contributed by atoms with Crippen LogP contribution in [-0.2, 0) is 4.74 Å². The van der Waals surface area contributed by atoms with Crippen LogP contribution in [0.4, 0.5) is 0 Å². The van der Waals surface area contributed by atoms with E-state index >= 15 is 0 Å². The molecular formula is C11H21NOS. The van der Waals surface area contributed by atoms with E-state index in [2.05, 4.69) is 24.0 Å². The third kappa shape index (κ3) is 2.88. The largest absolute Gasteiger partial charge is 0.381 e. The van der Waals surface area contributed by atoms with Crippen LogP contribution >= 0.6 is 11.8 Å². The van der Waals surface area contributed by atoms with Crippen molar-refractivity contribution in [2.75, 3.05) is 25.5 Å². The Bertz CT molecular complexity index is 171. The first-order valence-electron chi connectivity index (χ1n) is 5.79. The number of rotatable bonds is 3. The molecule has 3 unspecified atom stereocenters. The molecule has 2 aliphatic heterocycles. The summed E-state index contributed by atoms with van der Waals surface area (Å²) in [5.41, 5.74) is 0. The molecule has 0 aromatic heterocycles. The van der Waals surface area contributed by atoms with E-state index in [1.807, 2.05) is 0 Å². The minimum absolute atomic E-state index is 0.690. The molecule has 0 aromatic carbocycles. The number of thioether (sulfide) groups is 1. The fourth-order valence-electron chi connectivity index (χ4n) is 2.27. The molecule has 2 rings (SSSR count). The fraction of sp³-hybridized carbons (Fsp3) is 1.00. The van der Waals surface area contributed by atoms with Crippen LogP contribution in [0.5, 0.6) is 0 Å². The van der Waals surface area contributed by atoms with Gasteiger partial charge in [0.15, 0.2) is 0 Å². The molecule has 82 valence electrons. The lowest BCUT2D eigenvalue weighted by Crippen LogP contribution is -2.43. The van der Waals surface area contributed by atoms with Crippen LogP contribution in [0.3, 0.4) is 0 Å². The van der Waals surface area contributed by atoms with E-state index in [4.69, 9.17) is 4.74 Å². The second-order valence-corrected chi connectivity index (χ2v) is 5.90. The molecular weight excluding hydrogens is 194 g/mol. The topological polar surface area (TPSA) is 21.3 Å². The molecule has 0 amide bonds. The monoisotopic (exact) mass is 215 g/mol. The average molecular weight is 215 g/mol. The highest BCUT2D eigenvalue weighted by molar-refractivity contribution is 8.00. The minimum Gasteiger partial charge on any atom is -0.381 e. The quantitative estimate of drug-likeness (QED) is 0.777. The molecule has 2 fully saturated rings. The van der Waals surface area contributed by atoms with Gasteiger partial charge in [0.25, 0.3) is 0 Å². The Hall–Kier alpha value is 0.270. The van der Waals surface area contributed by atoms with Crippen LogP contribution in [0.2, 0.25) is 0 Å². The van der Waals surface area contributed by atoms with E-state index < -0.39 is 0 Å². The van der Waals surface area contributed by atoms with Crippen molar-refractivity contribution in [3.8, 4) is 0 Å². The van der Waals surface area contributed by atoms with Crippen molar-refractivity contribution in [3.63, 3.8) is 0 Å². The van der Waals surface area contributed by atoms with Gasteiger partial charge in [0, 0.05) is 24.4 Å². The van der Waals surface area contributed by atoms with Crippen molar-refractivity contribution in [2.45, 2.75) is 37.5 Å². The lowest BCUT2D eigenvalue weighted by molar-refractivity contribution is 0.0392. The molecule has 3 heteroatoms. The number of nitrogens with one attached hydrogen (secondary N) is 1. The first kappa shape index (κ1) is 10.8. The molecule has 14 heavy (non-hydrogen) atoms. The van der Waals surface area contributed by atoms with Gasteiger partial charge in [-0.05, 0) is 30.9 Å². The third-order valence-corrected chi connectivity index (χ3v) is 4.67. The first-order valence-corrected chi connectivity index (χ1v) is 6.84. The number of ether oxygens (including phenoxy) is 1. The minimum atomic E-state index is 0.690. The molecule has 2 saturated heterocycles. The average Bonchev–Trinajstić information content (AvgIpc) is 2.69. The van der Waals surface area contributed by atoms with Gasteiger partial charge < -0.3 is 10.1 Å². The van der Waals surface area contributed by atoms with E-state index in [1.165, 1.54) is 31.6 Å². The van der Waals surface area contributed by atoms with Crippen LogP contribution < -0.4 is 5.32 Å². The Morgan fingerprint density at radius 1 is 1.43 bits per heavy atom. The summed E-state index contributed by atoms with van der Waals surface area (Å²) in [6, 6.07) is 0.699. The molecule has 0 bridgehead atoms. The van der Waals surface area contributed by atoms with E-state index in [1.54, 1.807) is 0 Å². The molecule has 3 atom stereocenters. The fourth-order valence-corrected chi connectivity index (χ4v) is 3.49. The predicted molar refractivity (Wildman–Crippen MR) is 61.9 cm³/mol. The Morgan fingerprint density at radius 2 is 2.36 bits per heavy atom. The Morgan fingerprint density at radius 3 is 3.07 bits per heavy atom. The highest BCUT2D eigenvalue weighted by atomic mass is 32.2. The highest BCUT2D eigenvalue weighted by Crippen LogP contribution is 2.25. The lowest BCUT2D eigenvalue weighted by atomic mass is 9.98. The zero-order valence-electron chi connectivity index (χ0n) is 9.00. The standard InChI is InChI=1S/C11H21NOS/c1-9-8-13-5-4-11(9)12-7-10-3-2-6-14-10/h9-12H,2-8H2,1H3. The summed E-state index contributed by atoms with van der Waals surface area (Å²) < 4.78 is 5.44. The second-order valence-electron chi connectivity index (χ2n) is 4.49. The van der Waals surface area contributed by atoms with Crippen molar-refractivity contribution < 1.29 is 4.74 Å². The molecule has 1 N–H and O–H groups in total. The zero-order valence-corrected chi connectivity index (χ0v) is 9.81. The van der Waals surface area contributed by atoms with Gasteiger partial charge in [-0.3, -0.25) is 0 Å². The van der Waals surface area contributed by atoms with Crippen molar-refractivity contribution in [2.24, 2.45) is 5.92 Å². The van der Waals surface area contributed by atoms with Gasteiger partial charge in [-0.2, -0.15) is 11.8 Å². The maximum absolute atomic E-state index is 5.44. The predicted octanol–water partition coefficient (Wildman–Crippen LogP) is 1.90. The van der Waals surface area contributed by atoms with Gasteiger partial charge in [-0.1, -0.05) is 6.92 Å². The molecule has 2 heterocycles. The zero-order chi connectivity index (χ0) is 9.80. The van der Waals surface area contributed by atoms with Gasteiger partial charge in [-0.25, -0.2) is 0 Å². The molecule has 0 spiro atoms. The van der Waals surface area contributed by atoms with Gasteiger partial charge in [-0.15, -0.1) is 0 Å². The number of hydrogen-bond acceptors (Lipinski definition) is 3. The van der Waals surface area contributed by atoms with E-state index in [0.717, 1.165) is 18.5 Å². The Labute approximate surface area is 91.2 Å². The molecule has 0 aromatic rings. The van der Waals surface area contributed by atoms with Gasteiger partial charge >= 0.3 is 0 Å². The van der Waals surface area contributed by atoms with E-state index in [9.17, 15) is 0 Å². The molecule has 0 aliphatic carbocycles. The third-order valence-electron chi connectivity index (χ3n) is 3.27. The second kappa shape index (κ2) is 5.38. The van der Waals surface area contributed by atoms with Crippen LogP contribution in [0.15, 0.2) is 0 Å². The maximum atomic E-state index is 5.44. The van der Waals surface area contributed by atoms with E-state index in [-0.39, 0.29) is 0 Å². The van der Waals surface area contributed by atoms with Crippen LogP contribution in [-0.4, -0.2) is 36.8 Å². The molecule has 2 nitrogen and oxygen atoms in total. The summed E-state index contributed by atoms with van der Waals surface area (Å²) in [5, 5.41) is 4.59. The van der Waals surface area contributed by atoms with Crippen molar-refractivity contribution in [1.82, 2.24) is 5.32 Å². The lowest BCUT2D eigenvalue weighted by Gasteiger charge is -2.30. The SMILES string of the molecule is CC1COCCC1NCC1CCCS1. The Balaban J connectivity index is 1.67. The summed E-state index contributed by atoms with van der Waals surface area (Å²) in [6.07, 6.45) is 4.02. The van der Waals surface area contributed by atoms with Gasteiger partial charge in [0.05, 0.1) is 6.61 Å². The van der Waals surface area contributed by atoms with E-state index in [0.29, 0.717) is 12.0 Å². The summed E-state index contributed by atoms with van der Waals surface area (Å²) in [4.78, 5) is 0. The summed E-state index contributed by atoms with van der Waals surface area (Å²) in [7, 11) is 0. The number of hydrogen-bond donors (Lipinski definition) is 1. The summed E-state index contributed by atoms with van der Waals surface area (Å²) in [6.45, 7) is 5.38. The van der Waals surface area contributed by atoms with Gasteiger partial charge in [0.1, 0.15) is 0 Å². The normalized spacial score (nSPS) is 38.8. The van der Waals surface area contributed by atoms with Crippen molar-refractivity contribution in [3.05, 3.63) is 0 Å². The van der Waals surface area contributed by atoms with Crippen LogP contribution in [0, 0.1) is 5.92 Å². The van der Waals surface area contributed by atoms with Crippen LogP contribution in [0.1, 0.15) is 26.2 Å². The van der Waals surface area contributed by atoms with Gasteiger partial charge in [0.2, 0.25) is 0 Å². The molecule has 0 saturated carbocycles. The van der Waals surface area contributed by atoms with Crippen molar-refractivity contribution in [1.29, 1.82) is 0 Å². The first-order chi connectivity index (χ1) is 6.86. The van der Waals surface area contributed by atoms with Crippen LogP contribution in [0.25, 0.3) is 0 Å². The summed E-state index contributed by atoms with van der Waals surface area (Å²) >= 11 is 2.14. The molecule has 0 radical (unpaired) electrons. The van der Waals surface area contributed by atoms with Crippen molar-refractivity contribution >= 4 is 11.8 Å². The Kier molecular flexibility index (Phi) is 4.14. The smallest absolute Gasteiger partial charge is 0.0506 e. The highest BCUT2D eigenvalue weighted by Gasteiger charge is 2.23. The molecule has 2 aliphatic rings.